The Labute approximate surface area is 115 Å². The van der Waals surface area contributed by atoms with Crippen LogP contribution in [0.2, 0.25) is 4.34 Å². The highest BCUT2D eigenvalue weighted by Crippen LogP contribution is 2.28. The lowest BCUT2D eigenvalue weighted by atomic mass is 10.0. The number of rotatable bonds is 5. The zero-order valence-corrected chi connectivity index (χ0v) is 12.0. The van der Waals surface area contributed by atoms with E-state index in [9.17, 15) is 9.59 Å². The molecule has 0 radical (unpaired) electrons. The Morgan fingerprint density at radius 2 is 1.94 bits per heavy atom. The molecular weight excluding hydrogens is 274 g/mol. The van der Waals surface area contributed by atoms with E-state index < -0.39 is 17.9 Å². The second-order valence-electron chi connectivity index (χ2n) is 4.29. The zero-order valence-electron chi connectivity index (χ0n) is 10.4. The van der Waals surface area contributed by atoms with Crippen LogP contribution in [-0.2, 0) is 9.59 Å². The van der Waals surface area contributed by atoms with E-state index in [0.717, 1.165) is 4.88 Å². The van der Waals surface area contributed by atoms with Crippen molar-refractivity contribution in [2.24, 2.45) is 5.92 Å². The topological polar surface area (TPSA) is 66.4 Å². The van der Waals surface area contributed by atoms with Crippen LogP contribution >= 0.6 is 22.9 Å². The fourth-order valence-corrected chi connectivity index (χ4v) is 2.49. The van der Waals surface area contributed by atoms with Gasteiger partial charge in [0.05, 0.1) is 16.2 Å². The molecule has 0 aliphatic heterocycles. The Morgan fingerprint density at radius 1 is 1.33 bits per heavy atom. The van der Waals surface area contributed by atoms with Crippen LogP contribution in [0.5, 0.6) is 0 Å². The fraction of sp³-hybridized carbons (Fsp3) is 0.500. The van der Waals surface area contributed by atoms with Crippen molar-refractivity contribution in [3.8, 4) is 0 Å². The number of hydrogen-bond donors (Lipinski definition) is 2. The molecule has 2 N–H and O–H groups in total. The summed E-state index contributed by atoms with van der Waals surface area (Å²) in [6.45, 7) is 5.03. The molecule has 0 aliphatic rings. The predicted octanol–water partition coefficient (Wildman–Crippen LogP) is 2.73. The third-order valence-corrected chi connectivity index (χ3v) is 4.34. The van der Waals surface area contributed by atoms with Gasteiger partial charge in [-0.05, 0) is 32.9 Å². The smallest absolute Gasteiger partial charge is 0.308 e. The maximum Gasteiger partial charge on any atom is 0.308 e. The van der Waals surface area contributed by atoms with Gasteiger partial charge in [0, 0.05) is 10.9 Å². The molecule has 0 saturated carbocycles. The van der Waals surface area contributed by atoms with E-state index in [1.807, 2.05) is 6.07 Å². The average molecular weight is 290 g/mol. The monoisotopic (exact) mass is 289 g/mol. The molecule has 0 fully saturated rings. The molecule has 0 aromatic carbocycles. The largest absolute Gasteiger partial charge is 0.481 e. The molecule has 3 unspecified atom stereocenters. The number of carboxylic acid groups (broad SMARTS) is 1. The summed E-state index contributed by atoms with van der Waals surface area (Å²) in [7, 11) is 0. The standard InChI is InChI=1S/C12H16ClNO3S/c1-6(12(16)17)8(3)14-11(15)7(2)9-4-5-10(13)18-9/h4-8H,1-3H3,(H,14,15)(H,16,17). The highest BCUT2D eigenvalue weighted by atomic mass is 35.5. The molecule has 0 saturated heterocycles. The van der Waals surface area contributed by atoms with Gasteiger partial charge in [0.15, 0.2) is 0 Å². The van der Waals surface area contributed by atoms with Crippen molar-refractivity contribution in [3.05, 3.63) is 21.3 Å². The van der Waals surface area contributed by atoms with E-state index >= 15 is 0 Å². The van der Waals surface area contributed by atoms with Gasteiger partial charge in [0.1, 0.15) is 0 Å². The Balaban J connectivity index is 2.63. The number of thiophene rings is 1. The van der Waals surface area contributed by atoms with Gasteiger partial charge in [0.25, 0.3) is 0 Å². The SMILES string of the molecule is CC(C(=O)NC(C)C(C)C(=O)O)c1ccc(Cl)s1. The molecule has 1 heterocycles. The van der Waals surface area contributed by atoms with Gasteiger partial charge in [-0.25, -0.2) is 0 Å². The molecule has 1 amide bonds. The first-order valence-electron chi connectivity index (χ1n) is 5.61. The number of carbonyl (C=O) groups is 2. The molecule has 0 bridgehead atoms. The first-order valence-corrected chi connectivity index (χ1v) is 6.80. The maximum atomic E-state index is 11.9. The van der Waals surface area contributed by atoms with Gasteiger partial charge in [-0.1, -0.05) is 11.6 Å². The van der Waals surface area contributed by atoms with Crippen LogP contribution in [-0.4, -0.2) is 23.0 Å². The molecule has 0 spiro atoms. The van der Waals surface area contributed by atoms with Crippen molar-refractivity contribution in [2.75, 3.05) is 0 Å². The fourth-order valence-electron chi connectivity index (χ4n) is 1.38. The quantitative estimate of drug-likeness (QED) is 0.876. The third-order valence-electron chi connectivity index (χ3n) is 2.92. The number of aliphatic carboxylic acids is 1. The lowest BCUT2D eigenvalue weighted by molar-refractivity contribution is -0.142. The molecule has 18 heavy (non-hydrogen) atoms. The predicted molar refractivity (Wildman–Crippen MR) is 72.1 cm³/mol. The number of nitrogens with one attached hydrogen (secondary N) is 1. The highest BCUT2D eigenvalue weighted by molar-refractivity contribution is 7.16. The molecule has 1 aromatic heterocycles. The van der Waals surface area contributed by atoms with Crippen molar-refractivity contribution in [2.45, 2.75) is 32.7 Å². The van der Waals surface area contributed by atoms with Gasteiger partial charge >= 0.3 is 5.97 Å². The first kappa shape index (κ1) is 15.0. The van der Waals surface area contributed by atoms with Gasteiger partial charge in [-0.15, -0.1) is 11.3 Å². The third kappa shape index (κ3) is 3.71. The van der Waals surface area contributed by atoms with Crippen LogP contribution in [0.25, 0.3) is 0 Å². The van der Waals surface area contributed by atoms with E-state index in [-0.39, 0.29) is 11.8 Å². The summed E-state index contributed by atoms with van der Waals surface area (Å²) in [4.78, 5) is 23.6. The van der Waals surface area contributed by atoms with Crippen LogP contribution < -0.4 is 5.32 Å². The summed E-state index contributed by atoms with van der Waals surface area (Å²) in [6, 6.07) is 3.14. The average Bonchev–Trinajstić information content (AvgIpc) is 2.73. The normalized spacial score (nSPS) is 15.8. The first-order chi connectivity index (χ1) is 8.32. The number of carboxylic acids is 1. The molecule has 4 nitrogen and oxygen atoms in total. The van der Waals surface area contributed by atoms with Crippen molar-refractivity contribution < 1.29 is 14.7 Å². The lowest BCUT2D eigenvalue weighted by Crippen LogP contribution is -2.41. The van der Waals surface area contributed by atoms with Gasteiger partial charge < -0.3 is 10.4 Å². The Hall–Kier alpha value is -1.07. The summed E-state index contributed by atoms with van der Waals surface area (Å²) in [6.07, 6.45) is 0. The van der Waals surface area contributed by atoms with Crippen LogP contribution in [0.15, 0.2) is 12.1 Å². The molecule has 0 aliphatic carbocycles. The highest BCUT2D eigenvalue weighted by Gasteiger charge is 2.24. The minimum Gasteiger partial charge on any atom is -0.481 e. The molecule has 100 valence electrons. The number of halogens is 1. The van der Waals surface area contributed by atoms with Crippen molar-refractivity contribution in [1.29, 1.82) is 0 Å². The summed E-state index contributed by atoms with van der Waals surface area (Å²) in [5.41, 5.74) is 0. The van der Waals surface area contributed by atoms with E-state index in [1.54, 1.807) is 26.8 Å². The molecule has 3 atom stereocenters. The second kappa shape index (κ2) is 6.20. The maximum absolute atomic E-state index is 11.9. The van der Waals surface area contributed by atoms with Crippen LogP contribution in [0.4, 0.5) is 0 Å². The van der Waals surface area contributed by atoms with Gasteiger partial charge in [-0.2, -0.15) is 0 Å². The Kier molecular flexibility index (Phi) is 5.16. The van der Waals surface area contributed by atoms with Gasteiger partial charge in [0.2, 0.25) is 5.91 Å². The Morgan fingerprint density at radius 3 is 2.39 bits per heavy atom. The minimum atomic E-state index is -0.922. The van der Waals surface area contributed by atoms with Crippen molar-refractivity contribution in [3.63, 3.8) is 0 Å². The van der Waals surface area contributed by atoms with Crippen molar-refractivity contribution >= 4 is 34.8 Å². The van der Waals surface area contributed by atoms with Crippen LogP contribution in [0.1, 0.15) is 31.6 Å². The second-order valence-corrected chi connectivity index (χ2v) is 6.03. The molecule has 6 heteroatoms. The summed E-state index contributed by atoms with van der Waals surface area (Å²) in [5, 5.41) is 11.6. The van der Waals surface area contributed by atoms with Crippen LogP contribution in [0.3, 0.4) is 0 Å². The number of hydrogen-bond acceptors (Lipinski definition) is 3. The van der Waals surface area contributed by atoms with Crippen molar-refractivity contribution in [1.82, 2.24) is 5.32 Å². The summed E-state index contributed by atoms with van der Waals surface area (Å²) < 4.78 is 0.636. The molecule has 1 rings (SSSR count). The van der Waals surface area contributed by atoms with E-state index in [0.29, 0.717) is 4.34 Å². The zero-order chi connectivity index (χ0) is 13.9. The minimum absolute atomic E-state index is 0.186. The lowest BCUT2D eigenvalue weighted by Gasteiger charge is -2.20. The number of carbonyl (C=O) groups excluding carboxylic acids is 1. The van der Waals surface area contributed by atoms with Gasteiger partial charge in [-0.3, -0.25) is 9.59 Å². The van der Waals surface area contributed by atoms with E-state index in [1.165, 1.54) is 11.3 Å². The summed E-state index contributed by atoms with van der Waals surface area (Å²) in [5.74, 6) is -2.05. The Bertz CT molecular complexity index is 446. The molecule has 1 aromatic rings. The summed E-state index contributed by atoms with van der Waals surface area (Å²) >= 11 is 7.17. The van der Waals surface area contributed by atoms with Crippen LogP contribution in [0, 0.1) is 5.92 Å². The van der Waals surface area contributed by atoms with E-state index in [4.69, 9.17) is 16.7 Å². The molecular formula is C12H16ClNO3S. The van der Waals surface area contributed by atoms with E-state index in [2.05, 4.69) is 5.32 Å². The number of amides is 1.